The zero-order chi connectivity index (χ0) is 21.7. The number of alkyl halides is 3. The molecule has 1 amide bonds. The third-order valence-corrected chi connectivity index (χ3v) is 5.08. The van der Waals surface area contributed by atoms with Gasteiger partial charge in [0.25, 0.3) is 0 Å². The number of para-hydroxylation sites is 2. The van der Waals surface area contributed by atoms with Crippen LogP contribution in [-0.2, 0) is 11.0 Å². The molecule has 0 fully saturated rings. The van der Waals surface area contributed by atoms with Crippen molar-refractivity contribution in [2.45, 2.75) is 18.6 Å². The van der Waals surface area contributed by atoms with Crippen molar-refractivity contribution in [2.24, 2.45) is 0 Å². The number of aliphatic hydroxyl groups excluding tert-OH is 1. The number of rotatable bonds is 7. The Balaban J connectivity index is 1.96. The molecule has 160 valence electrons. The standard InChI is InChI=1S/C22H24F3N3O2/c1-2-21(30)26-14-18-15-28(17-10-8-16(9-11-17)22(23,24)25)20-7-4-3-6-19(20)27(18)12-5-13-29/h2-4,6-11,18,29H,1,5,12-15H2,(H,26,30). The minimum absolute atomic E-state index is 0.0347. The van der Waals surface area contributed by atoms with E-state index < -0.39 is 11.7 Å². The second-order valence-electron chi connectivity index (χ2n) is 7.02. The highest BCUT2D eigenvalue weighted by atomic mass is 19.4. The zero-order valence-electron chi connectivity index (χ0n) is 16.4. The van der Waals surface area contributed by atoms with Crippen LogP contribution in [0.25, 0.3) is 0 Å². The number of benzene rings is 2. The van der Waals surface area contributed by atoms with E-state index in [-0.39, 0.29) is 18.6 Å². The third kappa shape index (κ3) is 4.76. The lowest BCUT2D eigenvalue weighted by Crippen LogP contribution is -2.53. The minimum Gasteiger partial charge on any atom is -0.396 e. The van der Waals surface area contributed by atoms with Gasteiger partial charge in [-0.25, -0.2) is 0 Å². The average molecular weight is 419 g/mol. The van der Waals surface area contributed by atoms with Gasteiger partial charge < -0.3 is 20.2 Å². The van der Waals surface area contributed by atoms with Crippen molar-refractivity contribution < 1.29 is 23.1 Å². The fourth-order valence-corrected chi connectivity index (χ4v) is 3.62. The molecule has 0 aromatic heterocycles. The second kappa shape index (κ2) is 9.21. The van der Waals surface area contributed by atoms with E-state index in [9.17, 15) is 23.1 Å². The quantitative estimate of drug-likeness (QED) is 0.672. The molecule has 2 N–H and O–H groups in total. The molecule has 0 radical (unpaired) electrons. The normalized spacial score (nSPS) is 16.2. The van der Waals surface area contributed by atoms with Crippen LogP contribution in [0, 0.1) is 0 Å². The van der Waals surface area contributed by atoms with Gasteiger partial charge in [-0.3, -0.25) is 4.79 Å². The third-order valence-electron chi connectivity index (χ3n) is 5.08. The first-order valence-electron chi connectivity index (χ1n) is 9.66. The Morgan fingerprint density at radius 2 is 1.83 bits per heavy atom. The van der Waals surface area contributed by atoms with Gasteiger partial charge in [0.1, 0.15) is 0 Å². The largest absolute Gasteiger partial charge is 0.416 e. The van der Waals surface area contributed by atoms with Gasteiger partial charge in [-0.05, 0) is 48.9 Å². The maximum atomic E-state index is 13.0. The summed E-state index contributed by atoms with van der Waals surface area (Å²) in [5.74, 6) is -0.294. The van der Waals surface area contributed by atoms with E-state index in [1.54, 1.807) is 0 Å². The first-order chi connectivity index (χ1) is 14.3. The molecule has 1 aliphatic rings. The molecule has 0 aliphatic carbocycles. The number of carbonyl (C=O) groups excluding carboxylic acids is 1. The summed E-state index contributed by atoms with van der Waals surface area (Å²) in [4.78, 5) is 15.8. The highest BCUT2D eigenvalue weighted by Crippen LogP contribution is 2.40. The van der Waals surface area contributed by atoms with Crippen LogP contribution >= 0.6 is 0 Å². The highest BCUT2D eigenvalue weighted by Gasteiger charge is 2.33. The Bertz CT molecular complexity index is 884. The van der Waals surface area contributed by atoms with Crippen LogP contribution in [0.5, 0.6) is 0 Å². The van der Waals surface area contributed by atoms with Crippen LogP contribution in [0.3, 0.4) is 0 Å². The molecule has 0 saturated carbocycles. The summed E-state index contributed by atoms with van der Waals surface area (Å²) < 4.78 is 38.9. The predicted octanol–water partition coefficient (Wildman–Crippen LogP) is 3.72. The number of fused-ring (bicyclic) bond motifs is 1. The molecule has 5 nitrogen and oxygen atoms in total. The molecule has 3 rings (SSSR count). The van der Waals surface area contributed by atoms with Gasteiger partial charge in [-0.2, -0.15) is 13.2 Å². The Hall–Kier alpha value is -3.00. The summed E-state index contributed by atoms with van der Waals surface area (Å²) in [6, 6.07) is 12.5. The smallest absolute Gasteiger partial charge is 0.396 e. The number of hydrogen-bond donors (Lipinski definition) is 2. The monoisotopic (exact) mass is 419 g/mol. The molecular formula is C22H24F3N3O2. The van der Waals surface area contributed by atoms with Crippen molar-refractivity contribution in [1.82, 2.24) is 5.32 Å². The predicted molar refractivity (Wildman–Crippen MR) is 111 cm³/mol. The van der Waals surface area contributed by atoms with Crippen LogP contribution in [0.2, 0.25) is 0 Å². The lowest BCUT2D eigenvalue weighted by molar-refractivity contribution is -0.137. The Morgan fingerprint density at radius 1 is 1.17 bits per heavy atom. The molecule has 8 heteroatoms. The molecule has 1 aliphatic heterocycles. The summed E-state index contributed by atoms with van der Waals surface area (Å²) in [6.07, 6.45) is -2.64. The molecule has 1 unspecified atom stereocenters. The maximum absolute atomic E-state index is 13.0. The number of anilines is 3. The van der Waals surface area contributed by atoms with Crippen LogP contribution in [0.1, 0.15) is 12.0 Å². The van der Waals surface area contributed by atoms with Crippen LogP contribution in [0.15, 0.2) is 61.2 Å². The maximum Gasteiger partial charge on any atom is 0.416 e. The van der Waals surface area contributed by atoms with Crippen molar-refractivity contribution in [3.05, 3.63) is 66.7 Å². The van der Waals surface area contributed by atoms with E-state index >= 15 is 0 Å². The van der Waals surface area contributed by atoms with Gasteiger partial charge in [0.2, 0.25) is 5.91 Å². The van der Waals surface area contributed by atoms with Crippen molar-refractivity contribution in [2.75, 3.05) is 36.0 Å². The van der Waals surface area contributed by atoms with E-state index in [4.69, 9.17) is 0 Å². The van der Waals surface area contributed by atoms with E-state index in [1.807, 2.05) is 29.2 Å². The number of halogens is 3. The molecular weight excluding hydrogens is 395 g/mol. The van der Waals surface area contributed by atoms with Crippen molar-refractivity contribution >= 4 is 23.0 Å². The number of nitrogens with zero attached hydrogens (tertiary/aromatic N) is 2. The van der Waals surface area contributed by atoms with Gasteiger partial charge in [0, 0.05) is 31.9 Å². The van der Waals surface area contributed by atoms with Crippen LogP contribution < -0.4 is 15.1 Å². The fourth-order valence-electron chi connectivity index (χ4n) is 3.62. The average Bonchev–Trinajstić information content (AvgIpc) is 2.75. The first kappa shape index (κ1) is 21.7. The molecule has 2 aromatic rings. The van der Waals surface area contributed by atoms with E-state index in [0.29, 0.717) is 31.7 Å². The Morgan fingerprint density at radius 3 is 2.43 bits per heavy atom. The van der Waals surface area contributed by atoms with Gasteiger partial charge in [0.15, 0.2) is 0 Å². The number of amides is 1. The van der Waals surface area contributed by atoms with Gasteiger partial charge in [-0.15, -0.1) is 0 Å². The lowest BCUT2D eigenvalue weighted by atomic mass is 10.0. The summed E-state index contributed by atoms with van der Waals surface area (Å²) >= 11 is 0. The van der Waals surface area contributed by atoms with Gasteiger partial charge in [-0.1, -0.05) is 18.7 Å². The number of nitrogens with one attached hydrogen (secondary N) is 1. The summed E-state index contributed by atoms with van der Waals surface area (Å²) in [5.41, 5.74) is 1.70. The zero-order valence-corrected chi connectivity index (χ0v) is 16.4. The molecule has 2 aromatic carbocycles. The minimum atomic E-state index is -4.39. The summed E-state index contributed by atoms with van der Waals surface area (Å²) in [5, 5.41) is 12.1. The van der Waals surface area contributed by atoms with Crippen molar-refractivity contribution in [3.8, 4) is 0 Å². The summed E-state index contributed by atoms with van der Waals surface area (Å²) in [7, 11) is 0. The van der Waals surface area contributed by atoms with E-state index in [0.717, 1.165) is 23.5 Å². The van der Waals surface area contributed by atoms with Gasteiger partial charge in [0.05, 0.1) is 23.0 Å². The number of carbonyl (C=O) groups is 1. The molecule has 0 spiro atoms. The Kier molecular flexibility index (Phi) is 6.66. The highest BCUT2D eigenvalue weighted by molar-refractivity contribution is 5.87. The van der Waals surface area contributed by atoms with E-state index in [1.165, 1.54) is 18.2 Å². The Labute approximate surface area is 173 Å². The topological polar surface area (TPSA) is 55.8 Å². The van der Waals surface area contributed by atoms with E-state index in [2.05, 4.69) is 16.8 Å². The van der Waals surface area contributed by atoms with Gasteiger partial charge >= 0.3 is 6.18 Å². The SMILES string of the molecule is C=CC(=O)NCC1CN(c2ccc(C(F)(F)F)cc2)c2ccccc2N1CCCO. The molecule has 0 bridgehead atoms. The molecule has 1 atom stereocenters. The fraction of sp³-hybridized carbons (Fsp3) is 0.318. The molecule has 30 heavy (non-hydrogen) atoms. The van der Waals surface area contributed by atoms with Crippen LogP contribution in [0.4, 0.5) is 30.2 Å². The molecule has 0 saturated heterocycles. The first-order valence-corrected chi connectivity index (χ1v) is 9.66. The molecule has 1 heterocycles. The number of hydrogen-bond acceptors (Lipinski definition) is 4. The van der Waals surface area contributed by atoms with Crippen LogP contribution in [-0.4, -0.2) is 43.3 Å². The second-order valence-corrected chi connectivity index (χ2v) is 7.02. The lowest BCUT2D eigenvalue weighted by Gasteiger charge is -2.45. The summed E-state index contributed by atoms with van der Waals surface area (Å²) in [6.45, 7) is 4.88. The number of aliphatic hydroxyl groups is 1. The van der Waals surface area contributed by atoms with Crippen molar-refractivity contribution in [3.63, 3.8) is 0 Å². The van der Waals surface area contributed by atoms with Crippen molar-refractivity contribution in [1.29, 1.82) is 0 Å².